The Morgan fingerprint density at radius 2 is 1.63 bits per heavy atom. The zero-order valence-electron chi connectivity index (χ0n) is 11.6. The van der Waals surface area contributed by atoms with Crippen LogP contribution in [0, 0.1) is 6.92 Å². The van der Waals surface area contributed by atoms with Crippen LogP contribution in [0.4, 0.5) is 5.69 Å². The Labute approximate surface area is 114 Å². The first-order chi connectivity index (χ1) is 9.15. The van der Waals surface area contributed by atoms with Crippen molar-refractivity contribution in [1.82, 2.24) is 0 Å². The molecule has 3 heteroatoms. The van der Waals surface area contributed by atoms with Crippen molar-refractivity contribution in [3.8, 4) is 11.5 Å². The van der Waals surface area contributed by atoms with Crippen LogP contribution in [0.2, 0.25) is 0 Å². The molecule has 0 unspecified atom stereocenters. The van der Waals surface area contributed by atoms with Crippen LogP contribution in [0.1, 0.15) is 16.7 Å². The summed E-state index contributed by atoms with van der Waals surface area (Å²) in [4.78, 5) is 0. The molecule has 0 saturated heterocycles. The predicted octanol–water partition coefficient (Wildman–Crippen LogP) is 3.19. The molecule has 2 rings (SSSR count). The van der Waals surface area contributed by atoms with E-state index in [-0.39, 0.29) is 0 Å². The fourth-order valence-electron chi connectivity index (χ4n) is 2.23. The Morgan fingerprint density at radius 3 is 2.21 bits per heavy atom. The van der Waals surface area contributed by atoms with Crippen LogP contribution in [0.15, 0.2) is 36.4 Å². The lowest BCUT2D eigenvalue weighted by Gasteiger charge is -2.14. The SMILES string of the molecule is COc1ccc(Cc2ccc(N)cc2)c(OC)c1C. The molecule has 0 saturated carbocycles. The molecule has 0 spiro atoms. The fraction of sp³-hybridized carbons (Fsp3) is 0.250. The van der Waals surface area contributed by atoms with Crippen LogP contribution >= 0.6 is 0 Å². The van der Waals surface area contributed by atoms with Gasteiger partial charge in [0.05, 0.1) is 14.2 Å². The molecule has 2 aromatic carbocycles. The smallest absolute Gasteiger partial charge is 0.128 e. The van der Waals surface area contributed by atoms with E-state index in [2.05, 4.69) is 0 Å². The first-order valence-corrected chi connectivity index (χ1v) is 6.20. The van der Waals surface area contributed by atoms with E-state index < -0.39 is 0 Å². The molecule has 0 amide bonds. The third kappa shape index (κ3) is 2.81. The molecule has 0 aliphatic carbocycles. The van der Waals surface area contributed by atoms with E-state index in [1.165, 1.54) is 5.56 Å². The lowest BCUT2D eigenvalue weighted by molar-refractivity contribution is 0.386. The molecule has 0 aliphatic rings. The molecule has 0 bridgehead atoms. The molecule has 2 N–H and O–H groups in total. The first-order valence-electron chi connectivity index (χ1n) is 6.20. The van der Waals surface area contributed by atoms with E-state index >= 15 is 0 Å². The quantitative estimate of drug-likeness (QED) is 0.855. The highest BCUT2D eigenvalue weighted by Gasteiger charge is 2.11. The van der Waals surface area contributed by atoms with Crippen LogP contribution in [-0.4, -0.2) is 14.2 Å². The van der Waals surface area contributed by atoms with Crippen molar-refractivity contribution in [2.45, 2.75) is 13.3 Å². The monoisotopic (exact) mass is 257 g/mol. The number of hydrogen-bond acceptors (Lipinski definition) is 3. The largest absolute Gasteiger partial charge is 0.496 e. The average Bonchev–Trinajstić information content (AvgIpc) is 2.42. The van der Waals surface area contributed by atoms with Gasteiger partial charge in [-0.2, -0.15) is 0 Å². The van der Waals surface area contributed by atoms with Gasteiger partial charge in [0.1, 0.15) is 11.5 Å². The first kappa shape index (κ1) is 13.3. The molecule has 2 aromatic rings. The van der Waals surface area contributed by atoms with Gasteiger partial charge in [0.25, 0.3) is 0 Å². The summed E-state index contributed by atoms with van der Waals surface area (Å²) in [7, 11) is 3.36. The number of ether oxygens (including phenoxy) is 2. The summed E-state index contributed by atoms with van der Waals surface area (Å²) in [5.74, 6) is 1.73. The lowest BCUT2D eigenvalue weighted by Crippen LogP contribution is -1.99. The zero-order chi connectivity index (χ0) is 13.8. The van der Waals surface area contributed by atoms with Gasteiger partial charge in [-0.05, 0) is 36.2 Å². The van der Waals surface area contributed by atoms with Crippen LogP contribution in [0.5, 0.6) is 11.5 Å². The van der Waals surface area contributed by atoms with E-state index in [1.807, 2.05) is 43.3 Å². The predicted molar refractivity (Wildman–Crippen MR) is 77.9 cm³/mol. The number of methoxy groups -OCH3 is 2. The second-order valence-corrected chi connectivity index (χ2v) is 4.50. The average molecular weight is 257 g/mol. The number of benzene rings is 2. The van der Waals surface area contributed by atoms with Crippen LogP contribution in [0.3, 0.4) is 0 Å². The van der Waals surface area contributed by atoms with Gasteiger partial charge in [-0.1, -0.05) is 18.2 Å². The highest BCUT2D eigenvalue weighted by Crippen LogP contribution is 2.32. The highest BCUT2D eigenvalue weighted by molar-refractivity contribution is 5.51. The van der Waals surface area contributed by atoms with Crippen LogP contribution < -0.4 is 15.2 Å². The Hall–Kier alpha value is -2.16. The maximum absolute atomic E-state index is 5.70. The summed E-state index contributed by atoms with van der Waals surface area (Å²) in [6, 6.07) is 11.9. The van der Waals surface area contributed by atoms with Gasteiger partial charge in [0.2, 0.25) is 0 Å². The molecule has 0 aromatic heterocycles. The molecule has 3 nitrogen and oxygen atoms in total. The summed E-state index contributed by atoms with van der Waals surface area (Å²) >= 11 is 0. The summed E-state index contributed by atoms with van der Waals surface area (Å²) in [5.41, 5.74) is 9.85. The number of rotatable bonds is 4. The Balaban J connectivity index is 2.34. The minimum absolute atomic E-state index is 0.779. The van der Waals surface area contributed by atoms with Gasteiger partial charge in [-0.25, -0.2) is 0 Å². The van der Waals surface area contributed by atoms with Crippen molar-refractivity contribution >= 4 is 5.69 Å². The molecule has 0 atom stereocenters. The molecular formula is C16H19NO2. The Morgan fingerprint density at radius 1 is 0.947 bits per heavy atom. The van der Waals surface area contributed by atoms with E-state index in [9.17, 15) is 0 Å². The van der Waals surface area contributed by atoms with Gasteiger partial charge in [0.15, 0.2) is 0 Å². The van der Waals surface area contributed by atoms with Gasteiger partial charge in [0, 0.05) is 17.7 Å². The number of nitrogen functional groups attached to an aromatic ring is 1. The third-order valence-corrected chi connectivity index (χ3v) is 3.24. The van der Waals surface area contributed by atoms with Crippen LogP contribution in [0.25, 0.3) is 0 Å². The molecule has 0 aliphatic heterocycles. The second kappa shape index (κ2) is 5.65. The van der Waals surface area contributed by atoms with Gasteiger partial charge < -0.3 is 15.2 Å². The lowest BCUT2D eigenvalue weighted by atomic mass is 10.0. The minimum atomic E-state index is 0.779. The third-order valence-electron chi connectivity index (χ3n) is 3.24. The normalized spacial score (nSPS) is 10.3. The van der Waals surface area contributed by atoms with Crippen molar-refractivity contribution in [2.24, 2.45) is 0 Å². The molecule has 0 radical (unpaired) electrons. The van der Waals surface area contributed by atoms with Gasteiger partial charge in [-0.15, -0.1) is 0 Å². The zero-order valence-corrected chi connectivity index (χ0v) is 11.6. The Bertz CT molecular complexity index is 562. The molecular weight excluding hydrogens is 238 g/mol. The standard InChI is InChI=1S/C16H19NO2/c1-11-15(18-2)9-6-13(16(11)19-3)10-12-4-7-14(17)8-5-12/h4-9H,10,17H2,1-3H3. The molecule has 100 valence electrons. The van der Waals surface area contributed by atoms with Crippen LogP contribution in [-0.2, 0) is 6.42 Å². The van der Waals surface area contributed by atoms with Crippen molar-refractivity contribution in [3.05, 3.63) is 53.1 Å². The molecule has 19 heavy (non-hydrogen) atoms. The second-order valence-electron chi connectivity index (χ2n) is 4.50. The van der Waals surface area contributed by atoms with Gasteiger partial charge >= 0.3 is 0 Å². The minimum Gasteiger partial charge on any atom is -0.496 e. The number of hydrogen-bond donors (Lipinski definition) is 1. The number of anilines is 1. The molecule has 0 fully saturated rings. The number of nitrogens with two attached hydrogens (primary N) is 1. The topological polar surface area (TPSA) is 44.5 Å². The highest BCUT2D eigenvalue weighted by atomic mass is 16.5. The maximum atomic E-state index is 5.70. The summed E-state index contributed by atoms with van der Waals surface area (Å²) < 4.78 is 10.8. The van der Waals surface area contributed by atoms with E-state index in [1.54, 1.807) is 14.2 Å². The van der Waals surface area contributed by atoms with Crippen molar-refractivity contribution in [1.29, 1.82) is 0 Å². The fourth-order valence-corrected chi connectivity index (χ4v) is 2.23. The van der Waals surface area contributed by atoms with Crippen molar-refractivity contribution in [2.75, 3.05) is 20.0 Å². The summed E-state index contributed by atoms with van der Waals surface area (Å²) in [5, 5.41) is 0. The summed E-state index contributed by atoms with van der Waals surface area (Å²) in [6.07, 6.45) is 0.814. The van der Waals surface area contributed by atoms with Crippen molar-refractivity contribution < 1.29 is 9.47 Å². The summed E-state index contributed by atoms with van der Waals surface area (Å²) in [6.45, 7) is 2.00. The molecule has 0 heterocycles. The maximum Gasteiger partial charge on any atom is 0.128 e. The van der Waals surface area contributed by atoms with E-state index in [0.717, 1.165) is 34.7 Å². The Kier molecular flexibility index (Phi) is 3.95. The van der Waals surface area contributed by atoms with E-state index in [0.29, 0.717) is 0 Å². The van der Waals surface area contributed by atoms with E-state index in [4.69, 9.17) is 15.2 Å². The van der Waals surface area contributed by atoms with Gasteiger partial charge in [-0.3, -0.25) is 0 Å². The van der Waals surface area contributed by atoms with Crippen molar-refractivity contribution in [3.63, 3.8) is 0 Å².